The van der Waals surface area contributed by atoms with Gasteiger partial charge < -0.3 is 21.1 Å². The Morgan fingerprint density at radius 3 is 2.37 bits per heavy atom. The van der Waals surface area contributed by atoms with Crippen LogP contribution in [0.1, 0.15) is 12.5 Å². The summed E-state index contributed by atoms with van der Waals surface area (Å²) in [5, 5.41) is 0. The van der Waals surface area contributed by atoms with Gasteiger partial charge in [-0.05, 0) is 24.6 Å². The van der Waals surface area contributed by atoms with Gasteiger partial charge in [0, 0.05) is 19.3 Å². The minimum absolute atomic E-state index is 0.142. The summed E-state index contributed by atoms with van der Waals surface area (Å²) in [6.45, 7) is 1.77. The van der Waals surface area contributed by atoms with E-state index in [1.807, 2.05) is 0 Å². The summed E-state index contributed by atoms with van der Waals surface area (Å²) in [6, 6.07) is 7.08. The van der Waals surface area contributed by atoms with Gasteiger partial charge in [0.15, 0.2) is 0 Å². The molecule has 0 radical (unpaired) electrons. The maximum Gasteiger partial charge on any atom is 0.252 e. The first kappa shape index (κ1) is 15.0. The molecular weight excluding hydrogens is 246 g/mol. The van der Waals surface area contributed by atoms with E-state index in [1.54, 1.807) is 31.2 Å². The molecule has 1 rings (SSSR count). The normalized spacial score (nSPS) is 11.9. The van der Waals surface area contributed by atoms with Crippen LogP contribution in [-0.2, 0) is 20.9 Å². The van der Waals surface area contributed by atoms with E-state index in [9.17, 15) is 9.59 Å². The Morgan fingerprint density at radius 2 is 1.89 bits per heavy atom. The fourth-order valence-electron chi connectivity index (χ4n) is 1.60. The van der Waals surface area contributed by atoms with Crippen LogP contribution in [-0.4, -0.2) is 36.5 Å². The molecule has 0 fully saturated rings. The third kappa shape index (κ3) is 4.59. The van der Waals surface area contributed by atoms with E-state index in [-0.39, 0.29) is 19.0 Å². The van der Waals surface area contributed by atoms with Crippen molar-refractivity contribution in [3.8, 4) is 0 Å². The summed E-state index contributed by atoms with van der Waals surface area (Å²) in [6.07, 6.45) is -0.617. The predicted molar refractivity (Wildman–Crippen MR) is 71.9 cm³/mol. The highest BCUT2D eigenvalue weighted by Crippen LogP contribution is 2.10. The molecule has 0 saturated heterocycles. The van der Waals surface area contributed by atoms with Gasteiger partial charge in [0.05, 0.1) is 6.54 Å². The highest BCUT2D eigenvalue weighted by molar-refractivity contribution is 5.86. The summed E-state index contributed by atoms with van der Waals surface area (Å²) in [4.78, 5) is 24.4. The number of rotatable bonds is 6. The molecule has 0 aliphatic rings. The van der Waals surface area contributed by atoms with E-state index in [0.29, 0.717) is 5.69 Å². The van der Waals surface area contributed by atoms with Crippen molar-refractivity contribution in [1.82, 2.24) is 4.90 Å². The number of primary amides is 1. The molecule has 6 heteroatoms. The van der Waals surface area contributed by atoms with Crippen molar-refractivity contribution in [1.29, 1.82) is 0 Å². The SMILES string of the molecule is COC(C)C(=O)N(CC(N)=O)Cc1ccc(N)cc1. The zero-order chi connectivity index (χ0) is 14.4. The largest absolute Gasteiger partial charge is 0.399 e. The molecule has 104 valence electrons. The van der Waals surface area contributed by atoms with Crippen LogP contribution in [0, 0.1) is 0 Å². The van der Waals surface area contributed by atoms with Gasteiger partial charge >= 0.3 is 0 Å². The lowest BCUT2D eigenvalue weighted by atomic mass is 10.2. The molecule has 19 heavy (non-hydrogen) atoms. The molecule has 0 saturated carbocycles. The minimum Gasteiger partial charge on any atom is -0.399 e. The van der Waals surface area contributed by atoms with Crippen LogP contribution >= 0.6 is 0 Å². The molecule has 1 atom stereocenters. The smallest absolute Gasteiger partial charge is 0.252 e. The lowest BCUT2D eigenvalue weighted by Gasteiger charge is -2.24. The first-order valence-corrected chi connectivity index (χ1v) is 5.88. The summed E-state index contributed by atoms with van der Waals surface area (Å²) < 4.78 is 4.97. The number of hydrogen-bond donors (Lipinski definition) is 2. The van der Waals surface area contributed by atoms with Crippen LogP contribution in [0.25, 0.3) is 0 Å². The van der Waals surface area contributed by atoms with Gasteiger partial charge in [0.25, 0.3) is 5.91 Å². The van der Waals surface area contributed by atoms with Crippen LogP contribution in [0.5, 0.6) is 0 Å². The van der Waals surface area contributed by atoms with Crippen LogP contribution in [0.15, 0.2) is 24.3 Å². The number of anilines is 1. The lowest BCUT2D eigenvalue weighted by molar-refractivity contribution is -0.144. The number of ether oxygens (including phenoxy) is 1. The number of benzene rings is 1. The molecule has 6 nitrogen and oxygen atoms in total. The minimum atomic E-state index is -0.617. The second-order valence-electron chi connectivity index (χ2n) is 4.28. The summed E-state index contributed by atoms with van der Waals surface area (Å²) in [5.41, 5.74) is 12.3. The first-order chi connectivity index (χ1) is 8.93. The van der Waals surface area contributed by atoms with Crippen LogP contribution < -0.4 is 11.5 Å². The van der Waals surface area contributed by atoms with Gasteiger partial charge in [-0.25, -0.2) is 0 Å². The van der Waals surface area contributed by atoms with E-state index in [4.69, 9.17) is 16.2 Å². The van der Waals surface area contributed by atoms with E-state index in [0.717, 1.165) is 5.56 Å². The van der Waals surface area contributed by atoms with Gasteiger partial charge in [-0.3, -0.25) is 9.59 Å². The molecule has 1 aromatic carbocycles. The van der Waals surface area contributed by atoms with E-state index in [1.165, 1.54) is 12.0 Å². The highest BCUT2D eigenvalue weighted by atomic mass is 16.5. The van der Waals surface area contributed by atoms with Crippen molar-refractivity contribution in [2.75, 3.05) is 19.4 Å². The van der Waals surface area contributed by atoms with Crippen molar-refractivity contribution in [3.05, 3.63) is 29.8 Å². The number of nitrogens with two attached hydrogens (primary N) is 2. The fourth-order valence-corrected chi connectivity index (χ4v) is 1.60. The quantitative estimate of drug-likeness (QED) is 0.713. The Hall–Kier alpha value is -2.08. The molecule has 0 aliphatic carbocycles. The molecular formula is C13H19N3O3. The monoisotopic (exact) mass is 265 g/mol. The summed E-state index contributed by atoms with van der Waals surface area (Å²) >= 11 is 0. The third-order valence-corrected chi connectivity index (χ3v) is 2.71. The standard InChI is InChI=1S/C13H19N3O3/c1-9(19-2)13(18)16(8-12(15)17)7-10-3-5-11(14)6-4-10/h3-6,9H,7-8,14H2,1-2H3,(H2,15,17). The molecule has 0 aromatic heterocycles. The molecule has 0 bridgehead atoms. The van der Waals surface area contributed by atoms with Gasteiger partial charge in [-0.1, -0.05) is 12.1 Å². The Morgan fingerprint density at radius 1 is 1.32 bits per heavy atom. The maximum atomic E-state index is 12.0. The van der Waals surface area contributed by atoms with Crippen LogP contribution in [0.4, 0.5) is 5.69 Å². The molecule has 0 aliphatic heterocycles. The van der Waals surface area contributed by atoms with Crippen LogP contribution in [0.3, 0.4) is 0 Å². The zero-order valence-corrected chi connectivity index (χ0v) is 11.1. The number of amides is 2. The number of methoxy groups -OCH3 is 1. The average molecular weight is 265 g/mol. The Kier molecular flexibility index (Phi) is 5.32. The molecule has 1 aromatic rings. The van der Waals surface area contributed by atoms with E-state index in [2.05, 4.69) is 0 Å². The first-order valence-electron chi connectivity index (χ1n) is 5.88. The molecule has 0 heterocycles. The molecule has 0 spiro atoms. The van der Waals surface area contributed by atoms with Gasteiger partial charge in [0.2, 0.25) is 5.91 Å². The Balaban J connectivity index is 2.82. The van der Waals surface area contributed by atoms with Crippen molar-refractivity contribution in [3.63, 3.8) is 0 Å². The number of nitrogens with zero attached hydrogens (tertiary/aromatic N) is 1. The fraction of sp³-hybridized carbons (Fsp3) is 0.385. The van der Waals surface area contributed by atoms with Crippen molar-refractivity contribution in [2.45, 2.75) is 19.6 Å². The number of carbonyl (C=O) groups is 2. The average Bonchev–Trinajstić information content (AvgIpc) is 2.38. The van der Waals surface area contributed by atoms with Crippen molar-refractivity contribution in [2.24, 2.45) is 5.73 Å². The Bertz CT molecular complexity index is 445. The number of carbonyl (C=O) groups excluding carboxylic acids is 2. The van der Waals surface area contributed by atoms with Gasteiger partial charge in [-0.15, -0.1) is 0 Å². The van der Waals surface area contributed by atoms with E-state index < -0.39 is 12.0 Å². The van der Waals surface area contributed by atoms with Gasteiger partial charge in [0.1, 0.15) is 6.10 Å². The zero-order valence-electron chi connectivity index (χ0n) is 11.1. The van der Waals surface area contributed by atoms with Gasteiger partial charge in [-0.2, -0.15) is 0 Å². The number of nitrogen functional groups attached to an aromatic ring is 1. The van der Waals surface area contributed by atoms with Crippen molar-refractivity contribution < 1.29 is 14.3 Å². The predicted octanol–water partition coefficient (Wildman–Crippen LogP) is 0.118. The summed E-state index contributed by atoms with van der Waals surface area (Å²) in [5.74, 6) is -0.842. The van der Waals surface area contributed by atoms with Crippen molar-refractivity contribution >= 4 is 17.5 Å². The molecule has 4 N–H and O–H groups in total. The highest BCUT2D eigenvalue weighted by Gasteiger charge is 2.21. The third-order valence-electron chi connectivity index (χ3n) is 2.71. The number of hydrogen-bond acceptors (Lipinski definition) is 4. The second kappa shape index (κ2) is 6.75. The Labute approximate surface area is 112 Å². The maximum absolute atomic E-state index is 12.0. The molecule has 1 unspecified atom stereocenters. The topological polar surface area (TPSA) is 98.6 Å². The molecule has 2 amide bonds. The second-order valence-corrected chi connectivity index (χ2v) is 4.28. The van der Waals surface area contributed by atoms with E-state index >= 15 is 0 Å². The van der Waals surface area contributed by atoms with Crippen LogP contribution in [0.2, 0.25) is 0 Å². The lowest BCUT2D eigenvalue weighted by Crippen LogP contribution is -2.43. The summed E-state index contributed by atoms with van der Waals surface area (Å²) in [7, 11) is 1.44.